The van der Waals surface area contributed by atoms with Crippen LogP contribution in [-0.4, -0.2) is 47.3 Å². The minimum absolute atomic E-state index is 0.0826. The summed E-state index contributed by atoms with van der Waals surface area (Å²) in [5, 5.41) is 7.74. The average Bonchev–Trinajstić information content (AvgIpc) is 3.51. The first-order chi connectivity index (χ1) is 14.2. The van der Waals surface area contributed by atoms with Crippen LogP contribution in [0.5, 0.6) is 5.75 Å². The van der Waals surface area contributed by atoms with Gasteiger partial charge in [0.05, 0.1) is 18.8 Å². The number of methoxy groups -OCH3 is 1. The molecule has 0 aliphatic carbocycles. The molecule has 6 heteroatoms. The van der Waals surface area contributed by atoms with Crippen LogP contribution in [0, 0.1) is 11.8 Å². The molecule has 0 unspecified atom stereocenters. The highest BCUT2D eigenvalue weighted by molar-refractivity contribution is 5.95. The Morgan fingerprint density at radius 1 is 1.10 bits per heavy atom. The summed E-state index contributed by atoms with van der Waals surface area (Å²) in [7, 11) is 1.67. The number of hydrogen-bond donors (Lipinski definition) is 1. The zero-order valence-electron chi connectivity index (χ0n) is 16.4. The van der Waals surface area contributed by atoms with Gasteiger partial charge in [0.15, 0.2) is 0 Å². The molecule has 0 saturated carbocycles. The molecule has 0 radical (unpaired) electrons. The number of carbonyl (C=O) groups excluding carboxylic acids is 1. The van der Waals surface area contributed by atoms with Crippen molar-refractivity contribution in [1.29, 1.82) is 0 Å². The molecule has 3 aromatic rings. The Labute approximate surface area is 170 Å². The zero-order chi connectivity index (χ0) is 19.8. The lowest BCUT2D eigenvalue weighted by Crippen LogP contribution is -2.34. The molecule has 3 heterocycles. The summed E-state index contributed by atoms with van der Waals surface area (Å²) in [5.74, 6) is 1.86. The summed E-state index contributed by atoms with van der Waals surface area (Å²) >= 11 is 0. The van der Waals surface area contributed by atoms with E-state index in [9.17, 15) is 4.79 Å². The number of likely N-dealkylation sites (tertiary alicyclic amines) is 1. The Morgan fingerprint density at radius 3 is 2.59 bits per heavy atom. The molecule has 29 heavy (non-hydrogen) atoms. The Balaban J connectivity index is 1.43. The van der Waals surface area contributed by atoms with Gasteiger partial charge in [-0.25, -0.2) is 4.68 Å². The van der Waals surface area contributed by atoms with Crippen LogP contribution >= 0.6 is 0 Å². The highest BCUT2D eigenvalue weighted by atomic mass is 16.5. The van der Waals surface area contributed by atoms with Crippen molar-refractivity contribution in [3.8, 4) is 11.4 Å². The van der Waals surface area contributed by atoms with Gasteiger partial charge in [0.25, 0.3) is 5.91 Å². The van der Waals surface area contributed by atoms with Crippen LogP contribution in [0.1, 0.15) is 22.0 Å². The third-order valence-corrected chi connectivity index (χ3v) is 6.17. The highest BCUT2D eigenvalue weighted by Gasteiger charge is 2.46. The SMILES string of the molecule is COc1ccc([C@H]2[C@H]3CNC[C@H]3CN2C(=O)c2ccc(-n3cccn3)cc2)cc1. The van der Waals surface area contributed by atoms with E-state index in [1.165, 1.54) is 5.56 Å². The number of nitrogens with one attached hydrogen (secondary N) is 1. The predicted octanol–water partition coefficient (Wildman–Crippen LogP) is 2.91. The number of hydrogen-bond acceptors (Lipinski definition) is 4. The molecule has 148 valence electrons. The third kappa shape index (κ3) is 3.19. The molecule has 1 N–H and O–H groups in total. The zero-order valence-corrected chi connectivity index (χ0v) is 16.4. The third-order valence-electron chi connectivity index (χ3n) is 6.17. The summed E-state index contributed by atoms with van der Waals surface area (Å²) in [6, 6.07) is 17.8. The summed E-state index contributed by atoms with van der Waals surface area (Å²) in [5.41, 5.74) is 2.83. The monoisotopic (exact) mass is 388 g/mol. The van der Waals surface area contributed by atoms with E-state index in [1.54, 1.807) is 18.0 Å². The predicted molar refractivity (Wildman–Crippen MR) is 110 cm³/mol. The van der Waals surface area contributed by atoms with Gasteiger partial charge >= 0.3 is 0 Å². The van der Waals surface area contributed by atoms with E-state index in [2.05, 4.69) is 27.4 Å². The molecule has 2 aliphatic rings. The number of fused-ring (bicyclic) bond motifs is 1. The number of benzene rings is 2. The smallest absolute Gasteiger partial charge is 0.254 e. The summed E-state index contributed by atoms with van der Waals surface area (Å²) in [6.07, 6.45) is 3.64. The van der Waals surface area contributed by atoms with Gasteiger partial charge in [0.2, 0.25) is 0 Å². The van der Waals surface area contributed by atoms with E-state index in [4.69, 9.17) is 4.74 Å². The first kappa shape index (κ1) is 17.9. The average molecular weight is 388 g/mol. The second-order valence-electron chi connectivity index (χ2n) is 7.76. The standard InChI is InChI=1S/C23H24N4O2/c1-29-20-9-5-16(6-10-20)22-21-14-24-13-18(21)15-26(22)23(28)17-3-7-19(8-4-17)27-12-2-11-25-27/h2-12,18,21-22,24H,13-15H2,1H3/t18-,21-,22-/m0/s1. The normalized spacial score (nSPS) is 23.2. The maximum Gasteiger partial charge on any atom is 0.254 e. The second-order valence-corrected chi connectivity index (χ2v) is 7.76. The maximum absolute atomic E-state index is 13.4. The summed E-state index contributed by atoms with van der Waals surface area (Å²) in [6.45, 7) is 2.71. The van der Waals surface area contributed by atoms with Crippen molar-refractivity contribution < 1.29 is 9.53 Å². The summed E-state index contributed by atoms with van der Waals surface area (Å²) in [4.78, 5) is 15.5. The lowest BCUT2D eigenvalue weighted by Gasteiger charge is -2.28. The van der Waals surface area contributed by atoms with E-state index in [-0.39, 0.29) is 11.9 Å². The van der Waals surface area contributed by atoms with E-state index in [0.717, 1.165) is 31.1 Å². The number of carbonyl (C=O) groups is 1. The maximum atomic E-state index is 13.4. The molecule has 2 aromatic carbocycles. The van der Waals surface area contributed by atoms with Crippen molar-refractivity contribution >= 4 is 5.91 Å². The topological polar surface area (TPSA) is 59.4 Å². The molecule has 1 aromatic heterocycles. The van der Waals surface area contributed by atoms with E-state index < -0.39 is 0 Å². The first-order valence-corrected chi connectivity index (χ1v) is 10.0. The van der Waals surface area contributed by atoms with Crippen LogP contribution in [0.3, 0.4) is 0 Å². The van der Waals surface area contributed by atoms with Gasteiger partial charge < -0.3 is 15.0 Å². The van der Waals surface area contributed by atoms with Crippen molar-refractivity contribution in [3.63, 3.8) is 0 Å². The number of nitrogens with zero attached hydrogens (tertiary/aromatic N) is 3. The Morgan fingerprint density at radius 2 is 1.90 bits per heavy atom. The molecule has 1 amide bonds. The van der Waals surface area contributed by atoms with Crippen molar-refractivity contribution in [1.82, 2.24) is 20.0 Å². The van der Waals surface area contributed by atoms with Gasteiger partial charge in [0, 0.05) is 43.5 Å². The van der Waals surface area contributed by atoms with Gasteiger partial charge in [-0.05, 0) is 53.9 Å². The number of aromatic nitrogens is 2. The van der Waals surface area contributed by atoms with Gasteiger partial charge in [-0.1, -0.05) is 12.1 Å². The van der Waals surface area contributed by atoms with Crippen molar-refractivity contribution in [3.05, 3.63) is 78.1 Å². The molecule has 0 bridgehead atoms. The van der Waals surface area contributed by atoms with Crippen LogP contribution < -0.4 is 10.1 Å². The number of ether oxygens (including phenoxy) is 1. The van der Waals surface area contributed by atoms with E-state index in [1.807, 2.05) is 48.7 Å². The fraction of sp³-hybridized carbons (Fsp3) is 0.304. The molecule has 0 spiro atoms. The van der Waals surface area contributed by atoms with E-state index >= 15 is 0 Å². The number of amides is 1. The summed E-state index contributed by atoms with van der Waals surface area (Å²) < 4.78 is 7.10. The highest BCUT2D eigenvalue weighted by Crippen LogP contribution is 2.43. The quantitative estimate of drug-likeness (QED) is 0.747. The lowest BCUT2D eigenvalue weighted by molar-refractivity contribution is 0.0714. The molecule has 2 aliphatic heterocycles. The van der Waals surface area contributed by atoms with Crippen LogP contribution in [0.25, 0.3) is 5.69 Å². The van der Waals surface area contributed by atoms with Gasteiger partial charge in [-0.15, -0.1) is 0 Å². The molecule has 2 saturated heterocycles. The van der Waals surface area contributed by atoms with Gasteiger partial charge in [-0.3, -0.25) is 4.79 Å². The largest absolute Gasteiger partial charge is 0.497 e. The second kappa shape index (κ2) is 7.37. The Kier molecular flexibility index (Phi) is 4.56. The molecular formula is C23H24N4O2. The van der Waals surface area contributed by atoms with Gasteiger partial charge in [0.1, 0.15) is 5.75 Å². The van der Waals surface area contributed by atoms with Crippen molar-refractivity contribution in [2.24, 2.45) is 11.8 Å². The fourth-order valence-corrected chi connectivity index (χ4v) is 4.70. The van der Waals surface area contributed by atoms with Crippen LogP contribution in [0.2, 0.25) is 0 Å². The molecule has 2 fully saturated rings. The molecule has 3 atom stereocenters. The van der Waals surface area contributed by atoms with Crippen LogP contribution in [0.15, 0.2) is 67.0 Å². The minimum Gasteiger partial charge on any atom is -0.497 e. The van der Waals surface area contributed by atoms with Crippen LogP contribution in [0.4, 0.5) is 0 Å². The number of rotatable bonds is 4. The van der Waals surface area contributed by atoms with E-state index in [0.29, 0.717) is 17.4 Å². The first-order valence-electron chi connectivity index (χ1n) is 10.0. The molecule has 5 rings (SSSR count). The minimum atomic E-state index is 0.0826. The Bertz CT molecular complexity index is 983. The van der Waals surface area contributed by atoms with Crippen molar-refractivity contribution in [2.45, 2.75) is 6.04 Å². The molecular weight excluding hydrogens is 364 g/mol. The fourth-order valence-electron chi connectivity index (χ4n) is 4.70. The molecule has 6 nitrogen and oxygen atoms in total. The van der Waals surface area contributed by atoms with Crippen LogP contribution in [-0.2, 0) is 0 Å². The van der Waals surface area contributed by atoms with Crippen molar-refractivity contribution in [2.75, 3.05) is 26.7 Å². The van der Waals surface area contributed by atoms with Gasteiger partial charge in [-0.2, -0.15) is 5.10 Å². The Hall–Kier alpha value is -3.12. The lowest BCUT2D eigenvalue weighted by atomic mass is 9.89.